The van der Waals surface area contributed by atoms with Gasteiger partial charge in [-0.15, -0.1) is 0 Å². The van der Waals surface area contributed by atoms with Gasteiger partial charge in [-0.1, -0.05) is 19.4 Å². The molecule has 0 aromatic heterocycles. The van der Waals surface area contributed by atoms with Crippen molar-refractivity contribution in [2.75, 3.05) is 11.9 Å². The first kappa shape index (κ1) is 21.8. The van der Waals surface area contributed by atoms with Crippen LogP contribution in [-0.2, 0) is 0 Å². The molecule has 0 saturated heterocycles. The van der Waals surface area contributed by atoms with Gasteiger partial charge >= 0.3 is 0 Å². The Morgan fingerprint density at radius 2 is 2.04 bits per heavy atom. The third-order valence-electron chi connectivity index (χ3n) is 3.84. The van der Waals surface area contributed by atoms with E-state index in [4.69, 9.17) is 17.0 Å². The molecule has 0 fully saturated rings. The standard InChI is InChI=1S/C19H20BrN3O4S/c1-3-4-9-27-17-8-6-13(10-15(17)20)18(24)22-19(28)21-14-7-5-12(2)16(11-14)23(25)26/h5-8,10-11H,3-4,9H2,1-2H3,(H2,21,22,24,28). The average Bonchev–Trinajstić information content (AvgIpc) is 2.64. The number of amides is 1. The Hall–Kier alpha value is -2.52. The molecule has 0 aliphatic rings. The van der Waals surface area contributed by atoms with Gasteiger partial charge < -0.3 is 10.1 Å². The van der Waals surface area contributed by atoms with Gasteiger partial charge in [0, 0.05) is 22.9 Å². The van der Waals surface area contributed by atoms with Crippen LogP contribution in [0.25, 0.3) is 0 Å². The van der Waals surface area contributed by atoms with E-state index < -0.39 is 10.8 Å². The second-order valence-corrected chi connectivity index (χ2v) is 7.28. The number of halogens is 1. The van der Waals surface area contributed by atoms with E-state index in [2.05, 4.69) is 33.5 Å². The molecule has 0 heterocycles. The van der Waals surface area contributed by atoms with E-state index in [0.29, 0.717) is 33.6 Å². The maximum absolute atomic E-state index is 12.4. The number of nitrogens with one attached hydrogen (secondary N) is 2. The van der Waals surface area contributed by atoms with Crippen LogP contribution in [0, 0.1) is 17.0 Å². The number of rotatable bonds is 7. The predicted molar refractivity (Wildman–Crippen MR) is 116 cm³/mol. The highest BCUT2D eigenvalue weighted by molar-refractivity contribution is 9.10. The average molecular weight is 466 g/mol. The molecule has 7 nitrogen and oxygen atoms in total. The van der Waals surface area contributed by atoms with Crippen molar-refractivity contribution in [1.29, 1.82) is 0 Å². The summed E-state index contributed by atoms with van der Waals surface area (Å²) in [5.41, 5.74) is 1.33. The van der Waals surface area contributed by atoms with Crippen LogP contribution >= 0.6 is 28.1 Å². The van der Waals surface area contributed by atoms with Crippen LogP contribution in [0.5, 0.6) is 5.75 Å². The number of nitrogens with zero attached hydrogens (tertiary/aromatic N) is 1. The molecular weight excluding hydrogens is 446 g/mol. The summed E-state index contributed by atoms with van der Waals surface area (Å²) >= 11 is 8.53. The number of thiocarbonyl (C=S) groups is 1. The molecule has 0 saturated carbocycles. The number of hydrogen-bond acceptors (Lipinski definition) is 5. The van der Waals surface area contributed by atoms with Crippen LogP contribution in [0.15, 0.2) is 40.9 Å². The topological polar surface area (TPSA) is 93.5 Å². The van der Waals surface area contributed by atoms with E-state index in [-0.39, 0.29) is 10.8 Å². The van der Waals surface area contributed by atoms with Crippen LogP contribution in [0.3, 0.4) is 0 Å². The zero-order valence-corrected chi connectivity index (χ0v) is 17.9. The summed E-state index contributed by atoms with van der Waals surface area (Å²) in [6.45, 7) is 4.34. The minimum atomic E-state index is -0.468. The molecule has 2 rings (SSSR count). The number of hydrogen-bond donors (Lipinski definition) is 2. The highest BCUT2D eigenvalue weighted by Crippen LogP contribution is 2.26. The fourth-order valence-corrected chi connectivity index (χ4v) is 3.01. The molecule has 0 unspecified atom stereocenters. The Balaban J connectivity index is 2.00. The van der Waals surface area contributed by atoms with Gasteiger partial charge in [0.15, 0.2) is 5.11 Å². The van der Waals surface area contributed by atoms with Gasteiger partial charge in [0.1, 0.15) is 5.75 Å². The number of benzene rings is 2. The summed E-state index contributed by atoms with van der Waals surface area (Å²) < 4.78 is 6.31. The minimum Gasteiger partial charge on any atom is -0.492 e. The maximum Gasteiger partial charge on any atom is 0.274 e. The number of ether oxygens (including phenoxy) is 1. The lowest BCUT2D eigenvalue weighted by molar-refractivity contribution is -0.385. The molecule has 0 atom stereocenters. The lowest BCUT2D eigenvalue weighted by Crippen LogP contribution is -2.34. The summed E-state index contributed by atoms with van der Waals surface area (Å²) in [5, 5.41) is 16.4. The zero-order chi connectivity index (χ0) is 20.7. The van der Waals surface area contributed by atoms with Crippen LogP contribution in [0.4, 0.5) is 11.4 Å². The lowest BCUT2D eigenvalue weighted by atomic mass is 10.2. The number of nitro benzene ring substituents is 1. The molecule has 2 aromatic rings. The normalized spacial score (nSPS) is 10.2. The first-order chi connectivity index (χ1) is 13.3. The molecule has 148 valence electrons. The Labute approximate surface area is 176 Å². The van der Waals surface area contributed by atoms with E-state index in [9.17, 15) is 14.9 Å². The number of nitro groups is 1. The van der Waals surface area contributed by atoms with Crippen LogP contribution in [-0.4, -0.2) is 22.5 Å². The number of unbranched alkanes of at least 4 members (excludes halogenated alkanes) is 1. The van der Waals surface area contributed by atoms with Gasteiger partial charge in [-0.25, -0.2) is 0 Å². The van der Waals surface area contributed by atoms with E-state index in [0.717, 1.165) is 12.8 Å². The van der Waals surface area contributed by atoms with Gasteiger partial charge in [0.2, 0.25) is 0 Å². The highest BCUT2D eigenvalue weighted by atomic mass is 79.9. The molecule has 0 radical (unpaired) electrons. The Bertz CT molecular complexity index is 905. The first-order valence-corrected chi connectivity index (χ1v) is 9.81. The molecule has 0 aliphatic carbocycles. The van der Waals surface area contributed by atoms with E-state index in [1.165, 1.54) is 6.07 Å². The molecule has 1 amide bonds. The summed E-state index contributed by atoms with van der Waals surface area (Å²) in [6.07, 6.45) is 1.98. The van der Waals surface area contributed by atoms with Crippen molar-refractivity contribution >= 4 is 50.5 Å². The SMILES string of the molecule is CCCCOc1ccc(C(=O)NC(=S)Nc2ccc(C)c([N+](=O)[O-])c2)cc1Br. The second-order valence-electron chi connectivity index (χ2n) is 6.01. The highest BCUT2D eigenvalue weighted by Gasteiger charge is 2.14. The lowest BCUT2D eigenvalue weighted by Gasteiger charge is -2.12. The van der Waals surface area contributed by atoms with Crippen molar-refractivity contribution in [2.24, 2.45) is 0 Å². The zero-order valence-electron chi connectivity index (χ0n) is 15.5. The van der Waals surface area contributed by atoms with Gasteiger partial charge in [-0.2, -0.15) is 0 Å². The Morgan fingerprint density at radius 3 is 2.68 bits per heavy atom. The largest absolute Gasteiger partial charge is 0.492 e. The molecule has 0 spiro atoms. The Kier molecular flexibility index (Phi) is 7.89. The summed E-state index contributed by atoms with van der Waals surface area (Å²) in [4.78, 5) is 22.9. The fourth-order valence-electron chi connectivity index (χ4n) is 2.31. The summed E-state index contributed by atoms with van der Waals surface area (Å²) in [7, 11) is 0. The van der Waals surface area contributed by atoms with Crippen molar-refractivity contribution in [3.05, 3.63) is 62.1 Å². The number of anilines is 1. The number of carbonyl (C=O) groups is 1. The van der Waals surface area contributed by atoms with Gasteiger partial charge in [0.25, 0.3) is 11.6 Å². The molecule has 9 heteroatoms. The third kappa shape index (κ3) is 6.00. The maximum atomic E-state index is 12.4. The monoisotopic (exact) mass is 465 g/mol. The van der Waals surface area contributed by atoms with Crippen LogP contribution in [0.2, 0.25) is 0 Å². The van der Waals surface area contributed by atoms with Crippen LogP contribution in [0.1, 0.15) is 35.7 Å². The number of carbonyl (C=O) groups excluding carboxylic acids is 1. The van der Waals surface area contributed by atoms with E-state index in [1.807, 2.05) is 0 Å². The fraction of sp³-hybridized carbons (Fsp3) is 0.263. The predicted octanol–water partition coefficient (Wildman–Crippen LogP) is 4.97. The molecular formula is C19H20BrN3O4S. The Morgan fingerprint density at radius 1 is 1.29 bits per heavy atom. The molecule has 0 aliphatic heterocycles. The van der Waals surface area contributed by atoms with Crippen molar-refractivity contribution in [3.8, 4) is 5.75 Å². The second kappa shape index (κ2) is 10.1. The van der Waals surface area contributed by atoms with Crippen molar-refractivity contribution in [1.82, 2.24) is 5.32 Å². The van der Waals surface area contributed by atoms with E-state index >= 15 is 0 Å². The third-order valence-corrected chi connectivity index (χ3v) is 4.66. The molecule has 2 aromatic carbocycles. The van der Waals surface area contributed by atoms with Gasteiger partial charge in [0.05, 0.1) is 16.0 Å². The minimum absolute atomic E-state index is 0.0262. The first-order valence-electron chi connectivity index (χ1n) is 8.61. The smallest absolute Gasteiger partial charge is 0.274 e. The quantitative estimate of drug-likeness (QED) is 0.259. The number of aryl methyl sites for hydroxylation is 1. The van der Waals surface area contributed by atoms with E-state index in [1.54, 1.807) is 37.3 Å². The van der Waals surface area contributed by atoms with Crippen LogP contribution < -0.4 is 15.4 Å². The molecule has 0 bridgehead atoms. The van der Waals surface area contributed by atoms with Crippen molar-refractivity contribution in [3.63, 3.8) is 0 Å². The molecule has 28 heavy (non-hydrogen) atoms. The van der Waals surface area contributed by atoms with Crippen molar-refractivity contribution in [2.45, 2.75) is 26.7 Å². The van der Waals surface area contributed by atoms with Crippen molar-refractivity contribution < 1.29 is 14.5 Å². The summed E-state index contributed by atoms with van der Waals surface area (Å²) in [6, 6.07) is 9.64. The summed E-state index contributed by atoms with van der Waals surface area (Å²) in [5.74, 6) is 0.262. The van der Waals surface area contributed by atoms with Gasteiger partial charge in [-0.05, 0) is 65.8 Å². The van der Waals surface area contributed by atoms with Gasteiger partial charge in [-0.3, -0.25) is 20.2 Å². The molecule has 2 N–H and O–H groups in total.